The lowest BCUT2D eigenvalue weighted by Crippen LogP contribution is -2.43. The lowest BCUT2D eigenvalue weighted by Gasteiger charge is -2.35. The number of nitrogens with two attached hydrogens (primary N) is 1. The second kappa shape index (κ2) is 5.61. The summed E-state index contributed by atoms with van der Waals surface area (Å²) >= 11 is 0. The molecule has 0 radical (unpaired) electrons. The predicted molar refractivity (Wildman–Crippen MR) is 57.7 cm³/mol. The van der Waals surface area contributed by atoms with Gasteiger partial charge in [0.15, 0.2) is 0 Å². The molecule has 0 aromatic carbocycles. The number of hydrogen-bond donors (Lipinski definition) is 1. The Kier molecular flexibility index (Phi) is 4.74. The molecule has 0 bridgehead atoms. The molecule has 78 valence electrons. The summed E-state index contributed by atoms with van der Waals surface area (Å²) in [5.41, 5.74) is 6.08. The van der Waals surface area contributed by atoms with Crippen LogP contribution in [0.3, 0.4) is 0 Å². The second-order valence-electron chi connectivity index (χ2n) is 4.28. The Morgan fingerprint density at radius 1 is 1.46 bits per heavy atom. The van der Waals surface area contributed by atoms with E-state index in [0.717, 1.165) is 12.3 Å². The highest BCUT2D eigenvalue weighted by atomic mass is 15.1. The van der Waals surface area contributed by atoms with Gasteiger partial charge < -0.3 is 10.6 Å². The van der Waals surface area contributed by atoms with Crippen LogP contribution in [0.2, 0.25) is 0 Å². The fourth-order valence-corrected chi connectivity index (χ4v) is 2.29. The summed E-state index contributed by atoms with van der Waals surface area (Å²) < 4.78 is 0. The first-order valence-corrected chi connectivity index (χ1v) is 5.75. The fraction of sp³-hybridized carbons (Fsp3) is 1.00. The van der Waals surface area contributed by atoms with Gasteiger partial charge in [-0.2, -0.15) is 0 Å². The minimum Gasteiger partial charge on any atom is -0.327 e. The Labute approximate surface area is 82.5 Å². The van der Waals surface area contributed by atoms with Crippen LogP contribution >= 0.6 is 0 Å². The molecule has 0 aliphatic carbocycles. The van der Waals surface area contributed by atoms with Gasteiger partial charge in [0.2, 0.25) is 0 Å². The third-order valence-corrected chi connectivity index (χ3v) is 3.16. The van der Waals surface area contributed by atoms with Crippen LogP contribution < -0.4 is 5.73 Å². The number of piperidine rings is 1. The van der Waals surface area contributed by atoms with Gasteiger partial charge in [0.05, 0.1) is 0 Å². The maximum absolute atomic E-state index is 6.08. The maximum atomic E-state index is 6.08. The van der Waals surface area contributed by atoms with Crippen molar-refractivity contribution in [1.82, 2.24) is 4.90 Å². The molecule has 1 aliphatic heterocycles. The Balaban J connectivity index is 2.32. The van der Waals surface area contributed by atoms with Gasteiger partial charge in [-0.25, -0.2) is 0 Å². The quantitative estimate of drug-likeness (QED) is 0.722. The molecular weight excluding hydrogens is 160 g/mol. The van der Waals surface area contributed by atoms with Crippen LogP contribution in [0.1, 0.15) is 39.5 Å². The highest BCUT2D eigenvalue weighted by Crippen LogP contribution is 2.20. The van der Waals surface area contributed by atoms with Gasteiger partial charge in [0.1, 0.15) is 0 Å². The minimum absolute atomic E-state index is 0.430. The lowest BCUT2D eigenvalue weighted by molar-refractivity contribution is 0.156. The van der Waals surface area contributed by atoms with Gasteiger partial charge >= 0.3 is 0 Å². The molecule has 2 nitrogen and oxygen atoms in total. The van der Waals surface area contributed by atoms with Crippen LogP contribution in [0.25, 0.3) is 0 Å². The monoisotopic (exact) mass is 184 g/mol. The summed E-state index contributed by atoms with van der Waals surface area (Å²) in [4.78, 5) is 2.57. The van der Waals surface area contributed by atoms with E-state index in [1.165, 1.54) is 38.9 Å². The zero-order chi connectivity index (χ0) is 9.68. The van der Waals surface area contributed by atoms with E-state index < -0.39 is 0 Å². The van der Waals surface area contributed by atoms with E-state index in [-0.39, 0.29) is 0 Å². The normalized spacial score (nSPS) is 27.5. The van der Waals surface area contributed by atoms with Gasteiger partial charge in [-0.05, 0) is 44.7 Å². The average Bonchev–Trinajstić information content (AvgIpc) is 2.18. The molecule has 1 aliphatic rings. The topological polar surface area (TPSA) is 29.3 Å². The SMILES string of the molecule is CCCN1CCCC(C(N)CC)C1. The van der Waals surface area contributed by atoms with Gasteiger partial charge in [-0.15, -0.1) is 0 Å². The molecule has 0 spiro atoms. The van der Waals surface area contributed by atoms with E-state index >= 15 is 0 Å². The highest BCUT2D eigenvalue weighted by molar-refractivity contribution is 4.79. The van der Waals surface area contributed by atoms with Crippen molar-refractivity contribution in [1.29, 1.82) is 0 Å². The van der Waals surface area contributed by atoms with Gasteiger partial charge in [-0.3, -0.25) is 0 Å². The predicted octanol–water partition coefficient (Wildman–Crippen LogP) is 1.85. The van der Waals surface area contributed by atoms with Crippen LogP contribution in [-0.4, -0.2) is 30.6 Å². The summed E-state index contributed by atoms with van der Waals surface area (Å²) in [6, 6.07) is 0.430. The molecule has 0 aromatic heterocycles. The number of likely N-dealkylation sites (tertiary alicyclic amines) is 1. The van der Waals surface area contributed by atoms with Crippen molar-refractivity contribution in [2.45, 2.75) is 45.6 Å². The molecular formula is C11H24N2. The van der Waals surface area contributed by atoms with Gasteiger partial charge in [0, 0.05) is 12.6 Å². The fourth-order valence-electron chi connectivity index (χ4n) is 2.29. The minimum atomic E-state index is 0.430. The molecule has 0 amide bonds. The van der Waals surface area contributed by atoms with Crippen LogP contribution in [0.5, 0.6) is 0 Å². The Morgan fingerprint density at radius 2 is 2.23 bits per heavy atom. The molecule has 1 fully saturated rings. The first-order valence-electron chi connectivity index (χ1n) is 5.75. The Morgan fingerprint density at radius 3 is 2.85 bits per heavy atom. The number of hydrogen-bond acceptors (Lipinski definition) is 2. The van der Waals surface area contributed by atoms with Crippen LogP contribution in [0, 0.1) is 5.92 Å². The van der Waals surface area contributed by atoms with Crippen molar-refractivity contribution in [3.8, 4) is 0 Å². The van der Waals surface area contributed by atoms with Crippen LogP contribution in [0.4, 0.5) is 0 Å². The van der Waals surface area contributed by atoms with Crippen molar-refractivity contribution in [3.63, 3.8) is 0 Å². The molecule has 1 rings (SSSR count). The lowest BCUT2D eigenvalue weighted by atomic mass is 9.90. The third-order valence-electron chi connectivity index (χ3n) is 3.16. The third kappa shape index (κ3) is 3.28. The van der Waals surface area contributed by atoms with Crippen molar-refractivity contribution in [3.05, 3.63) is 0 Å². The first-order chi connectivity index (χ1) is 6.27. The van der Waals surface area contributed by atoms with Crippen molar-refractivity contribution in [2.24, 2.45) is 11.7 Å². The van der Waals surface area contributed by atoms with Gasteiger partial charge in [-0.1, -0.05) is 13.8 Å². The standard InChI is InChI=1S/C11H24N2/c1-3-7-13-8-5-6-10(9-13)11(12)4-2/h10-11H,3-9,12H2,1-2H3. The molecule has 0 saturated carbocycles. The summed E-state index contributed by atoms with van der Waals surface area (Å²) in [6.45, 7) is 8.24. The van der Waals surface area contributed by atoms with E-state index in [4.69, 9.17) is 5.73 Å². The highest BCUT2D eigenvalue weighted by Gasteiger charge is 2.23. The molecule has 2 atom stereocenters. The number of nitrogens with zero attached hydrogens (tertiary/aromatic N) is 1. The van der Waals surface area contributed by atoms with E-state index in [1.807, 2.05) is 0 Å². The summed E-state index contributed by atoms with van der Waals surface area (Å²) in [7, 11) is 0. The Hall–Kier alpha value is -0.0800. The average molecular weight is 184 g/mol. The van der Waals surface area contributed by atoms with Crippen molar-refractivity contribution < 1.29 is 0 Å². The van der Waals surface area contributed by atoms with E-state index in [1.54, 1.807) is 0 Å². The molecule has 13 heavy (non-hydrogen) atoms. The largest absolute Gasteiger partial charge is 0.327 e. The summed E-state index contributed by atoms with van der Waals surface area (Å²) in [5, 5.41) is 0. The molecule has 2 unspecified atom stereocenters. The molecule has 2 N–H and O–H groups in total. The zero-order valence-corrected chi connectivity index (χ0v) is 9.13. The van der Waals surface area contributed by atoms with Crippen molar-refractivity contribution in [2.75, 3.05) is 19.6 Å². The summed E-state index contributed by atoms with van der Waals surface area (Å²) in [6.07, 6.45) is 5.09. The van der Waals surface area contributed by atoms with E-state index in [0.29, 0.717) is 6.04 Å². The Bertz CT molecular complexity index is 134. The molecule has 2 heteroatoms. The molecule has 1 heterocycles. The second-order valence-corrected chi connectivity index (χ2v) is 4.28. The summed E-state index contributed by atoms with van der Waals surface area (Å²) in [5.74, 6) is 0.755. The first kappa shape index (κ1) is 11.0. The van der Waals surface area contributed by atoms with Crippen LogP contribution in [-0.2, 0) is 0 Å². The van der Waals surface area contributed by atoms with Crippen molar-refractivity contribution >= 4 is 0 Å². The molecule has 1 saturated heterocycles. The maximum Gasteiger partial charge on any atom is 0.00767 e. The van der Waals surface area contributed by atoms with Crippen LogP contribution in [0.15, 0.2) is 0 Å². The van der Waals surface area contributed by atoms with E-state index in [9.17, 15) is 0 Å². The van der Waals surface area contributed by atoms with Gasteiger partial charge in [0.25, 0.3) is 0 Å². The van der Waals surface area contributed by atoms with E-state index in [2.05, 4.69) is 18.7 Å². The number of rotatable bonds is 4. The molecule has 0 aromatic rings. The zero-order valence-electron chi connectivity index (χ0n) is 9.13. The smallest absolute Gasteiger partial charge is 0.00767 e.